The normalized spacial score (nSPS) is 33.0. The Labute approximate surface area is 60.9 Å². The number of hydrogen-bond acceptors (Lipinski definition) is 3. The predicted octanol–water partition coefficient (Wildman–Crippen LogP) is 0.520. The van der Waals surface area contributed by atoms with Crippen molar-refractivity contribution < 1.29 is 14.6 Å². The van der Waals surface area contributed by atoms with Crippen LogP contribution < -0.4 is 0 Å². The summed E-state index contributed by atoms with van der Waals surface area (Å²) >= 11 is 0. The monoisotopic (exact) mass is 146 g/mol. The van der Waals surface area contributed by atoms with Gasteiger partial charge in [-0.2, -0.15) is 0 Å². The van der Waals surface area contributed by atoms with Crippen LogP contribution in [0.2, 0.25) is 0 Å². The summed E-state index contributed by atoms with van der Waals surface area (Å²) in [7, 11) is 0. The van der Waals surface area contributed by atoms with Gasteiger partial charge in [0.25, 0.3) is 0 Å². The fraction of sp³-hybridized carbons (Fsp3) is 1.00. The fourth-order valence-electron chi connectivity index (χ4n) is 1.15. The Morgan fingerprint density at radius 1 is 1.40 bits per heavy atom. The summed E-state index contributed by atoms with van der Waals surface area (Å²) in [5, 5.41) is 8.76. The van der Waals surface area contributed by atoms with Crippen LogP contribution in [0.4, 0.5) is 0 Å². The molecule has 1 aliphatic rings. The highest BCUT2D eigenvalue weighted by atomic mass is 16.7. The first-order valence-corrected chi connectivity index (χ1v) is 3.72. The topological polar surface area (TPSA) is 38.7 Å². The summed E-state index contributed by atoms with van der Waals surface area (Å²) < 4.78 is 10.3. The smallest absolute Gasteiger partial charge is 0.147 e. The molecule has 0 aromatic carbocycles. The Kier molecular flexibility index (Phi) is 3.12. The van der Waals surface area contributed by atoms with Gasteiger partial charge < -0.3 is 14.6 Å². The van der Waals surface area contributed by atoms with Gasteiger partial charge in [-0.25, -0.2) is 0 Å². The highest BCUT2D eigenvalue weighted by molar-refractivity contribution is 4.72. The Balaban J connectivity index is 2.27. The van der Waals surface area contributed by atoms with Crippen molar-refractivity contribution in [2.45, 2.75) is 32.0 Å². The van der Waals surface area contributed by atoms with Gasteiger partial charge in [0.05, 0.1) is 12.7 Å². The van der Waals surface area contributed by atoms with E-state index in [9.17, 15) is 0 Å². The third-order valence-electron chi connectivity index (χ3n) is 1.73. The molecule has 0 aromatic heterocycles. The largest absolute Gasteiger partial charge is 0.394 e. The highest BCUT2D eigenvalue weighted by Crippen LogP contribution is 2.16. The average Bonchev–Trinajstić information content (AvgIpc) is 2.36. The summed E-state index contributed by atoms with van der Waals surface area (Å²) in [6.07, 6.45) is 2.09. The van der Waals surface area contributed by atoms with E-state index in [0.717, 1.165) is 12.8 Å². The molecule has 2 atom stereocenters. The molecule has 0 saturated carbocycles. The molecule has 1 heterocycles. The maximum Gasteiger partial charge on any atom is 0.147 e. The SMILES string of the molecule is CCCC1OCOC1CO. The van der Waals surface area contributed by atoms with E-state index in [0.29, 0.717) is 6.79 Å². The second-order valence-electron chi connectivity index (χ2n) is 2.50. The number of ether oxygens (including phenoxy) is 2. The van der Waals surface area contributed by atoms with Crippen LogP contribution in [-0.4, -0.2) is 30.7 Å². The molecule has 0 radical (unpaired) electrons. The molecule has 60 valence electrons. The first-order valence-electron chi connectivity index (χ1n) is 3.72. The molecule has 3 nitrogen and oxygen atoms in total. The second-order valence-corrected chi connectivity index (χ2v) is 2.50. The Morgan fingerprint density at radius 2 is 2.10 bits per heavy atom. The van der Waals surface area contributed by atoms with Crippen molar-refractivity contribution in [3.8, 4) is 0 Å². The molecule has 0 aromatic rings. The summed E-state index contributed by atoms with van der Waals surface area (Å²) in [6.45, 7) is 2.51. The fourth-order valence-corrected chi connectivity index (χ4v) is 1.15. The van der Waals surface area contributed by atoms with Crippen LogP contribution in [0.1, 0.15) is 19.8 Å². The predicted molar refractivity (Wildman–Crippen MR) is 36.6 cm³/mol. The minimum atomic E-state index is -0.0834. The van der Waals surface area contributed by atoms with Gasteiger partial charge in [-0.3, -0.25) is 0 Å². The van der Waals surface area contributed by atoms with E-state index < -0.39 is 0 Å². The summed E-state index contributed by atoms with van der Waals surface area (Å²) in [5.74, 6) is 0. The molecular formula is C7H14O3. The molecule has 2 unspecified atom stereocenters. The van der Waals surface area contributed by atoms with Crippen molar-refractivity contribution >= 4 is 0 Å². The van der Waals surface area contributed by atoms with Crippen molar-refractivity contribution in [3.63, 3.8) is 0 Å². The third kappa shape index (κ3) is 1.68. The van der Waals surface area contributed by atoms with Crippen LogP contribution in [-0.2, 0) is 9.47 Å². The molecule has 1 rings (SSSR count). The molecule has 10 heavy (non-hydrogen) atoms. The van der Waals surface area contributed by atoms with Gasteiger partial charge in [-0.1, -0.05) is 13.3 Å². The number of aliphatic hydroxyl groups is 1. The Hall–Kier alpha value is -0.120. The lowest BCUT2D eigenvalue weighted by atomic mass is 10.1. The van der Waals surface area contributed by atoms with Crippen LogP contribution in [0.15, 0.2) is 0 Å². The molecule has 1 fully saturated rings. The zero-order valence-electron chi connectivity index (χ0n) is 6.25. The van der Waals surface area contributed by atoms with Gasteiger partial charge in [0, 0.05) is 0 Å². The molecular weight excluding hydrogens is 132 g/mol. The van der Waals surface area contributed by atoms with Crippen molar-refractivity contribution in [2.75, 3.05) is 13.4 Å². The lowest BCUT2D eigenvalue weighted by Crippen LogP contribution is -2.25. The van der Waals surface area contributed by atoms with Crippen LogP contribution >= 0.6 is 0 Å². The van der Waals surface area contributed by atoms with Gasteiger partial charge in [0.2, 0.25) is 0 Å². The van der Waals surface area contributed by atoms with E-state index in [2.05, 4.69) is 6.92 Å². The maximum absolute atomic E-state index is 8.76. The molecule has 0 spiro atoms. The van der Waals surface area contributed by atoms with Crippen LogP contribution in [0.25, 0.3) is 0 Å². The number of hydrogen-bond donors (Lipinski definition) is 1. The van der Waals surface area contributed by atoms with E-state index in [4.69, 9.17) is 14.6 Å². The number of rotatable bonds is 3. The lowest BCUT2D eigenvalue weighted by molar-refractivity contribution is 0.0265. The van der Waals surface area contributed by atoms with Crippen molar-refractivity contribution in [2.24, 2.45) is 0 Å². The van der Waals surface area contributed by atoms with Crippen LogP contribution in [0, 0.1) is 0 Å². The molecule has 0 aliphatic carbocycles. The van der Waals surface area contributed by atoms with Crippen LogP contribution in [0.5, 0.6) is 0 Å². The first-order chi connectivity index (χ1) is 4.88. The number of aliphatic hydroxyl groups excluding tert-OH is 1. The van der Waals surface area contributed by atoms with E-state index in [1.54, 1.807) is 0 Å². The average molecular weight is 146 g/mol. The van der Waals surface area contributed by atoms with E-state index >= 15 is 0 Å². The standard InChI is InChI=1S/C7H14O3/c1-2-3-6-7(4-8)10-5-9-6/h6-8H,2-5H2,1H3. The van der Waals surface area contributed by atoms with Gasteiger partial charge in [0.1, 0.15) is 12.9 Å². The first kappa shape index (κ1) is 7.98. The second kappa shape index (κ2) is 3.91. The highest BCUT2D eigenvalue weighted by Gasteiger charge is 2.27. The Morgan fingerprint density at radius 3 is 2.70 bits per heavy atom. The van der Waals surface area contributed by atoms with Gasteiger partial charge in [-0.15, -0.1) is 0 Å². The van der Waals surface area contributed by atoms with E-state index in [-0.39, 0.29) is 18.8 Å². The van der Waals surface area contributed by atoms with Crippen LogP contribution in [0.3, 0.4) is 0 Å². The summed E-state index contributed by atoms with van der Waals surface area (Å²) in [4.78, 5) is 0. The van der Waals surface area contributed by atoms with Crippen molar-refractivity contribution in [1.29, 1.82) is 0 Å². The molecule has 0 bridgehead atoms. The minimum Gasteiger partial charge on any atom is -0.394 e. The zero-order valence-corrected chi connectivity index (χ0v) is 6.25. The van der Waals surface area contributed by atoms with Gasteiger partial charge in [0.15, 0.2) is 0 Å². The van der Waals surface area contributed by atoms with Gasteiger partial charge in [-0.05, 0) is 6.42 Å². The molecule has 3 heteroatoms. The molecule has 1 saturated heterocycles. The minimum absolute atomic E-state index is 0.0741. The van der Waals surface area contributed by atoms with E-state index in [1.807, 2.05) is 0 Å². The van der Waals surface area contributed by atoms with Crippen molar-refractivity contribution in [1.82, 2.24) is 0 Å². The maximum atomic E-state index is 8.76. The van der Waals surface area contributed by atoms with Gasteiger partial charge >= 0.3 is 0 Å². The summed E-state index contributed by atoms with van der Waals surface area (Å²) in [5.41, 5.74) is 0. The Bertz CT molecular complexity index is 94.9. The summed E-state index contributed by atoms with van der Waals surface area (Å²) in [6, 6.07) is 0. The third-order valence-corrected chi connectivity index (χ3v) is 1.73. The lowest BCUT2D eigenvalue weighted by Gasteiger charge is -2.12. The molecule has 1 N–H and O–H groups in total. The quantitative estimate of drug-likeness (QED) is 0.631. The molecule has 1 aliphatic heterocycles. The molecule has 0 amide bonds. The zero-order chi connectivity index (χ0) is 7.40. The van der Waals surface area contributed by atoms with Crippen molar-refractivity contribution in [3.05, 3.63) is 0 Å². The van der Waals surface area contributed by atoms with E-state index in [1.165, 1.54) is 0 Å².